The smallest absolute Gasteiger partial charge is 0.233 e. The zero-order chi connectivity index (χ0) is 23.7. The van der Waals surface area contributed by atoms with Crippen LogP contribution in [0.4, 0.5) is 11.4 Å². The molecule has 0 amide bonds. The predicted molar refractivity (Wildman–Crippen MR) is 136 cm³/mol. The normalized spacial score (nSPS) is 15.8. The second-order valence-electron chi connectivity index (χ2n) is 8.32. The number of anilines is 2. The van der Waals surface area contributed by atoms with Gasteiger partial charge in [-0.25, -0.2) is 8.42 Å². The van der Waals surface area contributed by atoms with E-state index < -0.39 is 20.8 Å². The Balaban J connectivity index is 1.39. The third-order valence-corrected chi connectivity index (χ3v) is 8.04. The molecule has 2 aromatic carbocycles. The maximum atomic E-state index is 12.6. The van der Waals surface area contributed by atoms with Gasteiger partial charge in [0.25, 0.3) is 0 Å². The van der Waals surface area contributed by atoms with Gasteiger partial charge in [-0.3, -0.25) is 18.6 Å². The molecule has 33 heavy (non-hydrogen) atoms. The van der Waals surface area contributed by atoms with E-state index in [4.69, 9.17) is 0 Å². The average molecular weight is 492 g/mol. The number of rotatable bonds is 12. The number of hydrogen-bond donors (Lipinski definition) is 1. The Hall–Kier alpha value is -2.23. The standard InChI is InChI=1S/C24H33N3O4S2/c1-32(29)18-19-33(30,31)25-22-9-7-8-21(20-22)24(28)12-5-6-13-26-14-16-27(17-15-26)23-10-3-2-4-11-23/h2-4,7-11,20,25H,5-6,12-19H2,1H3. The van der Waals surface area contributed by atoms with Crippen molar-refractivity contribution in [3.63, 3.8) is 0 Å². The Morgan fingerprint density at radius 3 is 2.42 bits per heavy atom. The van der Waals surface area contributed by atoms with Gasteiger partial charge in [-0.15, -0.1) is 0 Å². The van der Waals surface area contributed by atoms with Crippen LogP contribution in [0.5, 0.6) is 0 Å². The summed E-state index contributed by atoms with van der Waals surface area (Å²) in [5.74, 6) is -0.122. The first-order chi connectivity index (χ1) is 15.8. The lowest BCUT2D eigenvalue weighted by Crippen LogP contribution is -2.46. The molecule has 3 rings (SSSR count). The van der Waals surface area contributed by atoms with E-state index in [-0.39, 0.29) is 17.3 Å². The average Bonchev–Trinajstić information content (AvgIpc) is 2.81. The summed E-state index contributed by atoms with van der Waals surface area (Å²) in [7, 11) is -4.77. The largest absolute Gasteiger partial charge is 0.369 e. The van der Waals surface area contributed by atoms with E-state index in [9.17, 15) is 17.4 Å². The van der Waals surface area contributed by atoms with Gasteiger partial charge in [-0.2, -0.15) is 0 Å². The SMILES string of the molecule is CS(=O)CCS(=O)(=O)Nc1cccc(C(=O)CCCCN2CCN(c3ccccc3)CC2)c1. The summed E-state index contributed by atoms with van der Waals surface area (Å²) in [6, 6.07) is 17.0. The summed E-state index contributed by atoms with van der Waals surface area (Å²) in [6.45, 7) is 5.06. The topological polar surface area (TPSA) is 86.8 Å². The van der Waals surface area contributed by atoms with Crippen molar-refractivity contribution in [2.45, 2.75) is 19.3 Å². The number of benzene rings is 2. The van der Waals surface area contributed by atoms with E-state index >= 15 is 0 Å². The van der Waals surface area contributed by atoms with Crippen LogP contribution >= 0.6 is 0 Å². The number of carbonyl (C=O) groups is 1. The first kappa shape index (κ1) is 25.4. The second-order valence-corrected chi connectivity index (χ2v) is 11.7. The maximum Gasteiger partial charge on any atom is 0.233 e. The molecule has 7 nitrogen and oxygen atoms in total. The van der Waals surface area contributed by atoms with Crippen LogP contribution in [-0.4, -0.2) is 73.8 Å². The maximum absolute atomic E-state index is 12.6. The molecule has 1 N–H and O–H groups in total. The number of unbranched alkanes of at least 4 members (excludes halogenated alkanes) is 1. The summed E-state index contributed by atoms with van der Waals surface area (Å²) in [4.78, 5) is 17.4. The molecule has 2 aromatic rings. The molecular formula is C24H33N3O4S2. The molecule has 0 bridgehead atoms. The predicted octanol–water partition coefficient (Wildman–Crippen LogP) is 2.98. The van der Waals surface area contributed by atoms with E-state index in [0.29, 0.717) is 17.7 Å². The van der Waals surface area contributed by atoms with Crippen molar-refractivity contribution in [1.82, 2.24) is 4.90 Å². The molecule has 0 radical (unpaired) electrons. The molecule has 180 valence electrons. The fourth-order valence-electron chi connectivity index (χ4n) is 3.85. The van der Waals surface area contributed by atoms with Crippen LogP contribution in [-0.2, 0) is 20.8 Å². The molecule has 1 aliphatic heterocycles. The van der Waals surface area contributed by atoms with Gasteiger partial charge in [0.2, 0.25) is 10.0 Å². The van der Waals surface area contributed by atoms with Crippen molar-refractivity contribution in [1.29, 1.82) is 0 Å². The number of nitrogens with one attached hydrogen (secondary N) is 1. The van der Waals surface area contributed by atoms with Crippen molar-refractivity contribution in [2.24, 2.45) is 0 Å². The minimum Gasteiger partial charge on any atom is -0.369 e. The van der Waals surface area contributed by atoms with Gasteiger partial charge in [0, 0.05) is 72.3 Å². The van der Waals surface area contributed by atoms with Crippen LogP contribution in [0.2, 0.25) is 0 Å². The van der Waals surface area contributed by atoms with Crippen LogP contribution in [0.1, 0.15) is 29.6 Å². The molecule has 1 heterocycles. The van der Waals surface area contributed by atoms with Crippen LogP contribution in [0, 0.1) is 0 Å². The van der Waals surface area contributed by atoms with Crippen LogP contribution in [0.15, 0.2) is 54.6 Å². The molecule has 0 spiro atoms. The summed E-state index contributed by atoms with van der Waals surface area (Å²) in [5, 5.41) is 0. The second kappa shape index (κ2) is 12.3. The summed E-state index contributed by atoms with van der Waals surface area (Å²) in [5.41, 5.74) is 2.14. The highest BCUT2D eigenvalue weighted by atomic mass is 32.2. The number of piperazine rings is 1. The van der Waals surface area contributed by atoms with Gasteiger partial charge in [0.05, 0.1) is 5.75 Å². The van der Waals surface area contributed by atoms with Crippen molar-refractivity contribution in [2.75, 3.05) is 60.1 Å². The molecule has 1 fully saturated rings. The monoisotopic (exact) mass is 491 g/mol. The Morgan fingerprint density at radius 2 is 1.73 bits per heavy atom. The molecule has 9 heteroatoms. The van der Waals surface area contributed by atoms with E-state index in [1.54, 1.807) is 24.3 Å². The minimum absolute atomic E-state index is 0.0135. The summed E-state index contributed by atoms with van der Waals surface area (Å²) in [6.07, 6.45) is 3.67. The number of nitrogens with zero attached hydrogens (tertiary/aromatic N) is 2. The number of hydrogen-bond acceptors (Lipinski definition) is 6. The van der Waals surface area contributed by atoms with Gasteiger partial charge in [-0.1, -0.05) is 30.3 Å². The third-order valence-electron chi connectivity index (χ3n) is 5.72. The van der Waals surface area contributed by atoms with Gasteiger partial charge in [0.1, 0.15) is 0 Å². The van der Waals surface area contributed by atoms with Gasteiger partial charge in [-0.05, 0) is 43.7 Å². The Bertz CT molecular complexity index is 1040. The number of carbonyl (C=O) groups excluding carboxylic acids is 1. The van der Waals surface area contributed by atoms with Gasteiger partial charge in [0.15, 0.2) is 5.78 Å². The lowest BCUT2D eigenvalue weighted by atomic mass is 10.0. The number of ketones is 1. The summed E-state index contributed by atoms with van der Waals surface area (Å²) < 4.78 is 37.8. The van der Waals surface area contributed by atoms with E-state index in [0.717, 1.165) is 45.6 Å². The van der Waals surface area contributed by atoms with Gasteiger partial charge < -0.3 is 4.90 Å². The molecule has 1 unspecified atom stereocenters. The number of sulfonamides is 1. The fraction of sp³-hybridized carbons (Fsp3) is 0.458. The number of para-hydroxylation sites is 1. The molecule has 0 aromatic heterocycles. The zero-order valence-electron chi connectivity index (χ0n) is 19.1. The van der Waals surface area contributed by atoms with Crippen molar-refractivity contribution in [3.05, 3.63) is 60.2 Å². The highest BCUT2D eigenvalue weighted by Crippen LogP contribution is 2.17. The van der Waals surface area contributed by atoms with E-state index in [1.807, 2.05) is 6.07 Å². The zero-order valence-corrected chi connectivity index (χ0v) is 20.7. The number of Topliss-reactive ketones (excluding diaryl/α,β-unsaturated/α-hetero) is 1. The van der Waals surface area contributed by atoms with Crippen molar-refractivity contribution >= 4 is 38.0 Å². The third kappa shape index (κ3) is 8.57. The molecule has 1 saturated heterocycles. The molecule has 1 aliphatic rings. The molecule has 0 aliphatic carbocycles. The first-order valence-corrected chi connectivity index (χ1v) is 14.7. The highest BCUT2D eigenvalue weighted by Gasteiger charge is 2.17. The van der Waals surface area contributed by atoms with Crippen molar-refractivity contribution < 1.29 is 17.4 Å². The fourth-order valence-corrected chi connectivity index (χ4v) is 6.25. The lowest BCUT2D eigenvalue weighted by Gasteiger charge is -2.36. The highest BCUT2D eigenvalue weighted by molar-refractivity contribution is 7.94. The quantitative estimate of drug-likeness (QED) is 0.363. The van der Waals surface area contributed by atoms with Crippen LogP contribution in [0.25, 0.3) is 0 Å². The Labute approximate surface area is 199 Å². The first-order valence-electron chi connectivity index (χ1n) is 11.3. The Kier molecular flexibility index (Phi) is 9.46. The van der Waals surface area contributed by atoms with E-state index in [2.05, 4.69) is 38.8 Å². The lowest BCUT2D eigenvalue weighted by molar-refractivity contribution is 0.0977. The summed E-state index contributed by atoms with van der Waals surface area (Å²) >= 11 is 0. The molecule has 1 atom stereocenters. The van der Waals surface area contributed by atoms with E-state index in [1.165, 1.54) is 11.9 Å². The van der Waals surface area contributed by atoms with Gasteiger partial charge >= 0.3 is 0 Å². The Morgan fingerprint density at radius 1 is 1.00 bits per heavy atom. The van der Waals surface area contributed by atoms with Crippen molar-refractivity contribution in [3.8, 4) is 0 Å². The van der Waals surface area contributed by atoms with Crippen LogP contribution in [0.3, 0.4) is 0 Å². The molecule has 0 saturated carbocycles. The molecular weight excluding hydrogens is 458 g/mol. The van der Waals surface area contributed by atoms with Crippen LogP contribution < -0.4 is 9.62 Å². The minimum atomic E-state index is -3.59.